The number of hydrogen-bond acceptors (Lipinski definition) is 4. The van der Waals surface area contributed by atoms with Gasteiger partial charge in [0.1, 0.15) is 0 Å². The number of fused-ring (bicyclic) bond motifs is 1. The molecular weight excluding hydrogens is 236 g/mol. The van der Waals surface area contributed by atoms with E-state index in [-0.39, 0.29) is 0 Å². The highest BCUT2D eigenvalue weighted by molar-refractivity contribution is 5.91. The van der Waals surface area contributed by atoms with Crippen LogP contribution in [0.2, 0.25) is 0 Å². The van der Waals surface area contributed by atoms with Crippen LogP contribution in [-0.4, -0.2) is 28.8 Å². The molecule has 1 aliphatic rings. The lowest BCUT2D eigenvalue weighted by Gasteiger charge is -2.41. The molecule has 1 aromatic carbocycles. The van der Waals surface area contributed by atoms with Crippen LogP contribution in [0, 0.1) is 0 Å². The maximum atomic E-state index is 5.95. The third-order valence-corrected chi connectivity index (χ3v) is 4.10. The van der Waals surface area contributed by atoms with Gasteiger partial charge in [0.15, 0.2) is 5.82 Å². The molecule has 2 unspecified atom stereocenters. The summed E-state index contributed by atoms with van der Waals surface area (Å²) in [5, 5.41) is 10.9. The minimum atomic E-state index is 0.379. The van der Waals surface area contributed by atoms with E-state index in [4.69, 9.17) is 5.73 Å². The predicted molar refractivity (Wildman–Crippen MR) is 78.2 cm³/mol. The summed E-state index contributed by atoms with van der Waals surface area (Å²) in [6.07, 6.45) is 5.41. The average Bonchev–Trinajstić information content (AvgIpc) is 2.46. The monoisotopic (exact) mass is 256 g/mol. The molecule has 2 aromatic rings. The van der Waals surface area contributed by atoms with Crippen molar-refractivity contribution < 1.29 is 0 Å². The Kier molecular flexibility index (Phi) is 3.34. The number of piperidine rings is 1. The zero-order valence-corrected chi connectivity index (χ0v) is 11.3. The number of anilines is 1. The molecule has 0 radical (unpaired) electrons. The highest BCUT2D eigenvalue weighted by atomic mass is 15.3. The fraction of sp³-hybridized carbons (Fsp3) is 0.467. The topological polar surface area (TPSA) is 55.0 Å². The smallest absolute Gasteiger partial charge is 0.159 e. The summed E-state index contributed by atoms with van der Waals surface area (Å²) < 4.78 is 0. The lowest BCUT2D eigenvalue weighted by molar-refractivity contribution is 0.398. The fourth-order valence-corrected chi connectivity index (χ4v) is 3.10. The van der Waals surface area contributed by atoms with Crippen molar-refractivity contribution in [2.45, 2.75) is 38.3 Å². The van der Waals surface area contributed by atoms with Gasteiger partial charge in [-0.2, -0.15) is 5.10 Å². The molecule has 3 rings (SSSR count). The molecule has 0 bridgehead atoms. The molecule has 2 atom stereocenters. The van der Waals surface area contributed by atoms with Crippen molar-refractivity contribution in [3.8, 4) is 0 Å². The molecule has 100 valence electrons. The number of nitrogens with zero attached hydrogens (tertiary/aromatic N) is 3. The molecular formula is C15H20N4. The zero-order chi connectivity index (χ0) is 13.2. The highest BCUT2D eigenvalue weighted by Crippen LogP contribution is 2.31. The van der Waals surface area contributed by atoms with E-state index in [2.05, 4.69) is 40.2 Å². The van der Waals surface area contributed by atoms with Gasteiger partial charge in [-0.1, -0.05) is 24.3 Å². The maximum absolute atomic E-state index is 5.95. The summed E-state index contributed by atoms with van der Waals surface area (Å²) >= 11 is 0. The van der Waals surface area contributed by atoms with Crippen molar-refractivity contribution >= 4 is 16.6 Å². The molecule has 1 aliphatic heterocycles. The lowest BCUT2D eigenvalue weighted by atomic mass is 9.96. The molecule has 2 heterocycles. The van der Waals surface area contributed by atoms with Crippen molar-refractivity contribution in [1.29, 1.82) is 0 Å². The highest BCUT2D eigenvalue weighted by Gasteiger charge is 2.29. The van der Waals surface area contributed by atoms with Crippen LogP contribution in [0.3, 0.4) is 0 Å². The number of nitrogens with two attached hydrogens (primary N) is 1. The van der Waals surface area contributed by atoms with Gasteiger partial charge in [-0.3, -0.25) is 0 Å². The van der Waals surface area contributed by atoms with Gasteiger partial charge in [-0.15, -0.1) is 5.10 Å². The molecule has 1 fully saturated rings. The van der Waals surface area contributed by atoms with Gasteiger partial charge in [-0.05, 0) is 26.2 Å². The van der Waals surface area contributed by atoms with Crippen LogP contribution >= 0.6 is 0 Å². The average molecular weight is 256 g/mol. The SMILES string of the molecule is CC1CCCC(CN)N1c1nncc2ccccc12. The van der Waals surface area contributed by atoms with Crippen LogP contribution < -0.4 is 10.6 Å². The van der Waals surface area contributed by atoms with E-state index in [1.54, 1.807) is 0 Å². The summed E-state index contributed by atoms with van der Waals surface area (Å²) in [7, 11) is 0. The summed E-state index contributed by atoms with van der Waals surface area (Å²) in [4.78, 5) is 2.37. The van der Waals surface area contributed by atoms with E-state index >= 15 is 0 Å². The van der Waals surface area contributed by atoms with Crippen LogP contribution in [0.15, 0.2) is 30.5 Å². The number of aromatic nitrogens is 2. The van der Waals surface area contributed by atoms with Crippen molar-refractivity contribution in [2.24, 2.45) is 5.73 Å². The molecule has 4 nitrogen and oxygen atoms in total. The zero-order valence-electron chi connectivity index (χ0n) is 11.3. The normalized spacial score (nSPS) is 23.8. The first kappa shape index (κ1) is 12.4. The van der Waals surface area contributed by atoms with E-state index in [0.717, 1.165) is 17.6 Å². The van der Waals surface area contributed by atoms with Crippen molar-refractivity contribution in [3.05, 3.63) is 30.5 Å². The van der Waals surface area contributed by atoms with E-state index in [0.29, 0.717) is 18.6 Å². The Morgan fingerprint density at radius 3 is 3.00 bits per heavy atom. The van der Waals surface area contributed by atoms with E-state index in [9.17, 15) is 0 Å². The Hall–Kier alpha value is -1.68. The van der Waals surface area contributed by atoms with Crippen molar-refractivity contribution in [2.75, 3.05) is 11.4 Å². The van der Waals surface area contributed by atoms with Crippen LogP contribution in [0.4, 0.5) is 5.82 Å². The van der Waals surface area contributed by atoms with E-state index < -0.39 is 0 Å². The fourth-order valence-electron chi connectivity index (χ4n) is 3.10. The van der Waals surface area contributed by atoms with Crippen LogP contribution in [0.25, 0.3) is 10.8 Å². The van der Waals surface area contributed by atoms with Gasteiger partial charge in [0, 0.05) is 29.4 Å². The van der Waals surface area contributed by atoms with Crippen LogP contribution in [-0.2, 0) is 0 Å². The van der Waals surface area contributed by atoms with Gasteiger partial charge in [0.25, 0.3) is 0 Å². The Bertz CT molecular complexity index is 564. The largest absolute Gasteiger partial charge is 0.348 e. The molecule has 2 N–H and O–H groups in total. The second kappa shape index (κ2) is 5.13. The molecule has 0 amide bonds. The molecule has 4 heteroatoms. The molecule has 0 saturated carbocycles. The first-order valence-electron chi connectivity index (χ1n) is 7.00. The van der Waals surface area contributed by atoms with Gasteiger partial charge < -0.3 is 10.6 Å². The number of hydrogen-bond donors (Lipinski definition) is 1. The minimum Gasteiger partial charge on any atom is -0.348 e. The van der Waals surface area contributed by atoms with Crippen molar-refractivity contribution in [1.82, 2.24) is 10.2 Å². The third kappa shape index (κ3) is 2.16. The van der Waals surface area contributed by atoms with E-state index in [1.165, 1.54) is 18.2 Å². The molecule has 0 spiro atoms. The lowest BCUT2D eigenvalue weighted by Crippen LogP contribution is -2.49. The first-order valence-corrected chi connectivity index (χ1v) is 7.00. The van der Waals surface area contributed by atoms with Crippen LogP contribution in [0.1, 0.15) is 26.2 Å². The van der Waals surface area contributed by atoms with E-state index in [1.807, 2.05) is 12.3 Å². The minimum absolute atomic E-state index is 0.379. The van der Waals surface area contributed by atoms with Gasteiger partial charge in [-0.25, -0.2) is 0 Å². The maximum Gasteiger partial charge on any atom is 0.159 e. The summed E-state index contributed by atoms with van der Waals surface area (Å²) in [6.45, 7) is 2.93. The van der Waals surface area contributed by atoms with Crippen LogP contribution in [0.5, 0.6) is 0 Å². The molecule has 1 saturated heterocycles. The predicted octanol–water partition coefficient (Wildman–Crippen LogP) is 2.34. The summed E-state index contributed by atoms with van der Waals surface area (Å²) in [5.41, 5.74) is 5.95. The Morgan fingerprint density at radius 2 is 2.16 bits per heavy atom. The second-order valence-corrected chi connectivity index (χ2v) is 5.33. The van der Waals surface area contributed by atoms with Crippen molar-refractivity contribution in [3.63, 3.8) is 0 Å². The second-order valence-electron chi connectivity index (χ2n) is 5.33. The third-order valence-electron chi connectivity index (χ3n) is 4.10. The summed E-state index contributed by atoms with van der Waals surface area (Å²) in [5.74, 6) is 0.987. The van der Waals surface area contributed by atoms with Gasteiger partial charge in [0.2, 0.25) is 0 Å². The summed E-state index contributed by atoms with van der Waals surface area (Å²) in [6, 6.07) is 9.15. The number of rotatable bonds is 2. The Balaban J connectivity index is 2.11. The van der Waals surface area contributed by atoms with Gasteiger partial charge in [0.05, 0.1) is 6.20 Å². The quantitative estimate of drug-likeness (QED) is 0.896. The Morgan fingerprint density at radius 1 is 1.32 bits per heavy atom. The molecule has 19 heavy (non-hydrogen) atoms. The first-order chi connectivity index (χ1) is 9.31. The Labute approximate surface area is 113 Å². The number of benzene rings is 1. The van der Waals surface area contributed by atoms with Gasteiger partial charge >= 0.3 is 0 Å². The molecule has 0 aliphatic carbocycles. The molecule has 1 aromatic heterocycles. The standard InChI is InChI=1S/C15H20N4/c1-11-5-4-7-13(9-16)19(11)15-14-8-3-2-6-12(14)10-17-18-15/h2-3,6,8,10-11,13H,4-5,7,9,16H2,1H3.